The summed E-state index contributed by atoms with van der Waals surface area (Å²) in [6.45, 7) is 0. The van der Waals surface area contributed by atoms with Gasteiger partial charge in [-0.25, -0.2) is 16.8 Å². The van der Waals surface area contributed by atoms with Crippen molar-refractivity contribution in [3.63, 3.8) is 0 Å². The summed E-state index contributed by atoms with van der Waals surface area (Å²) in [5.74, 6) is -3.63. The van der Waals surface area contributed by atoms with Crippen molar-refractivity contribution in [2.24, 2.45) is 4.99 Å². The topological polar surface area (TPSA) is 365 Å². The number of hydrogen-bond donors (Lipinski definition) is 3. The van der Waals surface area contributed by atoms with Gasteiger partial charge in [-0.1, -0.05) is 78.9 Å². The van der Waals surface area contributed by atoms with Gasteiger partial charge in [0.2, 0.25) is 0 Å². The van der Waals surface area contributed by atoms with Crippen LogP contribution in [0.3, 0.4) is 0 Å². The molecule has 0 aromatic heterocycles. The fourth-order valence-corrected chi connectivity index (χ4v) is 10.8. The maximum Gasteiger partial charge on any atom is 3.00 e. The molecule has 21 nitrogen and oxygen atoms in total. The van der Waals surface area contributed by atoms with Gasteiger partial charge in [0.25, 0.3) is 21.9 Å². The van der Waals surface area contributed by atoms with E-state index in [9.17, 15) is 77.8 Å². The quantitative estimate of drug-likeness (QED) is 0.0566. The molecule has 9 aromatic rings. The predicted octanol–water partition coefficient (Wildman–Crippen LogP) is 7.00. The molecular formula is C63H36AlN3O18S3. The minimum atomic E-state index is -4.59. The zero-order chi connectivity index (χ0) is 62.3. The number of nitrogens with zero attached hydrogens (tertiary/aromatic N) is 1. The monoisotopic (exact) mass is 1250 g/mol. The first-order valence-electron chi connectivity index (χ1n) is 25.3. The SMILES string of the molecule is O=C(Nc1ccc(S(=O)(=O)O)cc1)c1ccc2c(c1)C(=O)c1ccccc1C2=O.O=C(Nc1ccc(S(=O)(=O)[O-])cc1)c1ccc2c(c1)C(=O)c1ccccc1C2=O.O=C1c2ccccc2C(=O)c2cc(C([O-])=Nc3ccc(S(=O)(=O)[O-])cc3)ccc21.[Al+3]. The molecule has 12 rings (SSSR count). The van der Waals surface area contributed by atoms with Crippen LogP contribution in [-0.4, -0.2) is 109 Å². The van der Waals surface area contributed by atoms with E-state index in [0.717, 1.165) is 36.4 Å². The predicted molar refractivity (Wildman–Crippen MR) is 312 cm³/mol. The van der Waals surface area contributed by atoms with Crippen LogP contribution in [0, 0.1) is 0 Å². The smallest absolute Gasteiger partial charge is 0.858 e. The van der Waals surface area contributed by atoms with Crippen LogP contribution in [0.15, 0.2) is 220 Å². The molecule has 0 radical (unpaired) electrons. The van der Waals surface area contributed by atoms with E-state index in [1.54, 1.807) is 72.8 Å². The van der Waals surface area contributed by atoms with Gasteiger partial charge in [-0.3, -0.25) is 47.9 Å². The molecule has 2 amide bonds. The van der Waals surface area contributed by atoms with Crippen molar-refractivity contribution in [1.82, 2.24) is 0 Å². The Labute approximate surface area is 510 Å². The first-order valence-corrected chi connectivity index (χ1v) is 29.6. The molecule has 0 unspecified atom stereocenters. The van der Waals surface area contributed by atoms with Crippen molar-refractivity contribution in [3.8, 4) is 0 Å². The van der Waals surface area contributed by atoms with E-state index in [0.29, 0.717) is 27.9 Å². The molecule has 0 bridgehead atoms. The van der Waals surface area contributed by atoms with Crippen molar-refractivity contribution >= 4 is 117 Å². The van der Waals surface area contributed by atoms with Gasteiger partial charge in [-0.15, -0.1) is 0 Å². The van der Waals surface area contributed by atoms with Gasteiger partial charge >= 0.3 is 17.4 Å². The van der Waals surface area contributed by atoms with Crippen LogP contribution in [0.2, 0.25) is 0 Å². The summed E-state index contributed by atoms with van der Waals surface area (Å²) in [7, 11) is -13.5. The number of carbonyl (C=O) groups excluding carboxylic acids is 8. The van der Waals surface area contributed by atoms with E-state index < -0.39 is 57.9 Å². The van der Waals surface area contributed by atoms with Crippen LogP contribution in [0.4, 0.5) is 17.1 Å². The van der Waals surface area contributed by atoms with Crippen LogP contribution < -0.4 is 15.7 Å². The normalized spacial score (nSPS) is 13.0. The van der Waals surface area contributed by atoms with Gasteiger partial charge in [0.1, 0.15) is 20.2 Å². The number of hydrogen-bond acceptors (Lipinski definition) is 18. The van der Waals surface area contributed by atoms with Crippen LogP contribution in [-0.2, 0) is 30.4 Å². The summed E-state index contributed by atoms with van der Waals surface area (Å²) in [5, 5.41) is 17.6. The summed E-state index contributed by atoms with van der Waals surface area (Å²) in [6, 6.07) is 46.4. The summed E-state index contributed by atoms with van der Waals surface area (Å²) in [6.07, 6.45) is 0. The maximum atomic E-state index is 12.8. The number of ketones is 6. The van der Waals surface area contributed by atoms with E-state index >= 15 is 0 Å². The molecule has 0 atom stereocenters. The van der Waals surface area contributed by atoms with E-state index in [4.69, 9.17) is 4.55 Å². The van der Waals surface area contributed by atoms with Crippen molar-refractivity contribution in [1.29, 1.82) is 0 Å². The Morgan fingerprint density at radius 3 is 0.920 bits per heavy atom. The van der Waals surface area contributed by atoms with Crippen molar-refractivity contribution < 1.29 is 82.4 Å². The second-order valence-electron chi connectivity index (χ2n) is 19.1. The summed E-state index contributed by atoms with van der Waals surface area (Å²) >= 11 is 0. The Kier molecular flexibility index (Phi) is 17.4. The molecule has 432 valence electrons. The molecule has 0 spiro atoms. The molecule has 0 saturated carbocycles. The second kappa shape index (κ2) is 24.6. The van der Waals surface area contributed by atoms with Crippen LogP contribution in [0.1, 0.15) is 122 Å². The number of benzene rings is 9. The number of amides is 2. The standard InChI is InChI=1S/3C21H13NO6S.Al/c3*23-19-15-3-1-2-4-16(15)20(24)18-11-12(5-10-17(18)19)21(25)22-13-6-8-14(9-7-13)29(26,27)28;/h3*1-11H,(H,22,25)(H,26,27,28);/q;;;+3/p-3. The third kappa shape index (κ3) is 12.8. The Balaban J connectivity index is 0.000000156. The van der Waals surface area contributed by atoms with Gasteiger partial charge in [0.05, 0.1) is 20.4 Å². The van der Waals surface area contributed by atoms with Crippen molar-refractivity contribution in [2.45, 2.75) is 14.7 Å². The van der Waals surface area contributed by atoms with Crippen molar-refractivity contribution in [2.75, 3.05) is 10.6 Å². The van der Waals surface area contributed by atoms with Crippen LogP contribution >= 0.6 is 0 Å². The molecular weight excluding hydrogens is 1210 g/mol. The first kappa shape index (κ1) is 62.2. The van der Waals surface area contributed by atoms with Gasteiger partial charge in [0, 0.05) is 89.3 Å². The zero-order valence-electron chi connectivity index (χ0n) is 44.7. The number of anilines is 2. The molecule has 0 aliphatic heterocycles. The van der Waals surface area contributed by atoms with Gasteiger partial charge in [-0.05, 0) is 133 Å². The molecule has 3 N–H and O–H groups in total. The fraction of sp³-hybridized carbons (Fsp3) is 0. The molecule has 3 aliphatic rings. The molecule has 0 saturated heterocycles. The maximum absolute atomic E-state index is 12.8. The molecule has 0 fully saturated rings. The first-order chi connectivity index (χ1) is 41.3. The minimum absolute atomic E-state index is 0. The van der Waals surface area contributed by atoms with Crippen LogP contribution in [0.5, 0.6) is 0 Å². The summed E-state index contributed by atoms with van der Waals surface area (Å²) in [4.78, 5) is 104. The van der Waals surface area contributed by atoms with E-state index in [1.165, 1.54) is 91.0 Å². The van der Waals surface area contributed by atoms with Crippen LogP contribution in [0.25, 0.3) is 0 Å². The van der Waals surface area contributed by atoms with E-state index in [1.807, 2.05) is 0 Å². The van der Waals surface area contributed by atoms with Gasteiger partial charge in [-0.2, -0.15) is 8.42 Å². The molecule has 88 heavy (non-hydrogen) atoms. The van der Waals surface area contributed by atoms with E-state index in [2.05, 4.69) is 15.6 Å². The van der Waals surface area contributed by atoms with Gasteiger partial charge in [0.15, 0.2) is 34.7 Å². The average molecular weight is 1250 g/mol. The Morgan fingerprint density at radius 1 is 0.352 bits per heavy atom. The zero-order valence-corrected chi connectivity index (χ0v) is 48.3. The molecule has 3 aliphatic carbocycles. The number of carbonyl (C=O) groups is 8. The molecule has 9 aromatic carbocycles. The number of aliphatic imine (C=N–C) groups is 1. The number of rotatable bonds is 9. The number of fused-ring (bicyclic) bond motifs is 6. The van der Waals surface area contributed by atoms with Gasteiger partial charge < -0.3 is 24.8 Å². The third-order valence-electron chi connectivity index (χ3n) is 13.7. The number of nitrogens with one attached hydrogen (secondary N) is 2. The third-order valence-corrected chi connectivity index (χ3v) is 16.3. The average Bonchev–Trinajstić information content (AvgIpc) is 2.30. The largest absolute Gasteiger partial charge is 3.00 e. The van der Waals surface area contributed by atoms with Crippen molar-refractivity contribution in [3.05, 3.63) is 284 Å². The Morgan fingerprint density at radius 2 is 0.614 bits per heavy atom. The fourth-order valence-electron chi connectivity index (χ4n) is 9.40. The Hall–Kier alpha value is -10.3. The van der Waals surface area contributed by atoms with E-state index in [-0.39, 0.29) is 130 Å². The Bertz CT molecular complexity index is 4670. The molecule has 0 heterocycles. The summed E-state index contributed by atoms with van der Waals surface area (Å²) in [5.41, 5.74) is 4.11. The molecule has 25 heteroatoms. The second-order valence-corrected chi connectivity index (χ2v) is 23.3. The summed E-state index contributed by atoms with van der Waals surface area (Å²) < 4.78 is 96.9. The minimum Gasteiger partial charge on any atom is -0.858 e.